The number of piperazine rings is 1. The van der Waals surface area contributed by atoms with Crippen LogP contribution >= 0.6 is 0 Å². The minimum absolute atomic E-state index is 0.0558. The zero-order valence-corrected chi connectivity index (χ0v) is 20.3. The number of anilines is 1. The van der Waals surface area contributed by atoms with Crippen LogP contribution in [0.5, 0.6) is 5.75 Å². The van der Waals surface area contributed by atoms with Gasteiger partial charge in [-0.3, -0.25) is 14.6 Å². The Kier molecular flexibility index (Phi) is 7.92. The number of amides is 2. The Morgan fingerprint density at radius 2 is 1.66 bits per heavy atom. The number of aromatic nitrogens is 2. The average Bonchev–Trinajstić information content (AvgIpc) is 2.91. The SMILES string of the molecule is COc1ccc(N2CCN(C(=O)CCN(Cc3ccccc3)C(=O)c3cnc(C)cn3)CC2)cc1. The Hall–Kier alpha value is -3.94. The van der Waals surface area contributed by atoms with Gasteiger partial charge >= 0.3 is 0 Å². The molecule has 1 aromatic heterocycles. The number of carbonyl (C=O) groups excluding carboxylic acids is 2. The van der Waals surface area contributed by atoms with E-state index >= 15 is 0 Å². The number of hydrogen-bond donors (Lipinski definition) is 0. The van der Waals surface area contributed by atoms with Crippen molar-refractivity contribution in [1.29, 1.82) is 0 Å². The molecule has 0 saturated carbocycles. The van der Waals surface area contributed by atoms with E-state index in [9.17, 15) is 9.59 Å². The molecule has 0 N–H and O–H groups in total. The number of rotatable bonds is 8. The van der Waals surface area contributed by atoms with E-state index < -0.39 is 0 Å². The quantitative estimate of drug-likeness (QED) is 0.500. The minimum atomic E-state index is -0.224. The van der Waals surface area contributed by atoms with E-state index in [4.69, 9.17) is 4.74 Å². The Balaban J connectivity index is 1.35. The molecule has 1 saturated heterocycles. The van der Waals surface area contributed by atoms with Crippen LogP contribution in [0.4, 0.5) is 5.69 Å². The first kappa shape index (κ1) is 24.2. The lowest BCUT2D eigenvalue weighted by molar-refractivity contribution is -0.131. The van der Waals surface area contributed by atoms with E-state index in [-0.39, 0.29) is 23.9 Å². The molecule has 0 atom stereocenters. The van der Waals surface area contributed by atoms with Crippen molar-refractivity contribution in [2.24, 2.45) is 0 Å². The second-order valence-corrected chi connectivity index (χ2v) is 8.57. The lowest BCUT2D eigenvalue weighted by atomic mass is 10.2. The van der Waals surface area contributed by atoms with Gasteiger partial charge in [-0.2, -0.15) is 0 Å². The summed E-state index contributed by atoms with van der Waals surface area (Å²) in [4.78, 5) is 40.5. The van der Waals surface area contributed by atoms with Gasteiger partial charge in [0.2, 0.25) is 5.91 Å². The summed E-state index contributed by atoms with van der Waals surface area (Å²) in [5, 5.41) is 0. The monoisotopic (exact) mass is 473 g/mol. The molecule has 0 unspecified atom stereocenters. The topological polar surface area (TPSA) is 78.9 Å². The molecule has 0 spiro atoms. The highest BCUT2D eigenvalue weighted by molar-refractivity contribution is 5.92. The lowest BCUT2D eigenvalue weighted by Gasteiger charge is -2.36. The summed E-state index contributed by atoms with van der Waals surface area (Å²) >= 11 is 0. The highest BCUT2D eigenvalue weighted by Crippen LogP contribution is 2.21. The maximum absolute atomic E-state index is 13.2. The second kappa shape index (κ2) is 11.5. The van der Waals surface area contributed by atoms with Crippen LogP contribution in [0.1, 0.15) is 28.2 Å². The predicted octanol–water partition coefficient (Wildman–Crippen LogP) is 3.17. The molecule has 0 aliphatic carbocycles. The van der Waals surface area contributed by atoms with E-state index in [1.165, 1.54) is 6.20 Å². The fourth-order valence-electron chi connectivity index (χ4n) is 4.12. The van der Waals surface area contributed by atoms with Gasteiger partial charge in [0.15, 0.2) is 0 Å². The molecule has 1 fully saturated rings. The van der Waals surface area contributed by atoms with E-state index in [1.54, 1.807) is 18.2 Å². The van der Waals surface area contributed by atoms with Crippen LogP contribution < -0.4 is 9.64 Å². The third-order valence-corrected chi connectivity index (χ3v) is 6.17. The van der Waals surface area contributed by atoms with Crippen LogP contribution in [-0.2, 0) is 11.3 Å². The van der Waals surface area contributed by atoms with Gasteiger partial charge in [-0.1, -0.05) is 30.3 Å². The van der Waals surface area contributed by atoms with Crippen LogP contribution in [0.3, 0.4) is 0 Å². The summed E-state index contributed by atoms with van der Waals surface area (Å²) in [6, 6.07) is 17.7. The number of carbonyl (C=O) groups is 2. The summed E-state index contributed by atoms with van der Waals surface area (Å²) in [6.07, 6.45) is 3.34. The summed E-state index contributed by atoms with van der Waals surface area (Å²) in [7, 11) is 1.65. The van der Waals surface area contributed by atoms with Crippen molar-refractivity contribution in [3.8, 4) is 5.75 Å². The van der Waals surface area contributed by atoms with Gasteiger partial charge < -0.3 is 19.4 Å². The molecule has 1 aliphatic rings. The Labute approximate surface area is 206 Å². The van der Waals surface area contributed by atoms with Gasteiger partial charge in [0.25, 0.3) is 5.91 Å². The van der Waals surface area contributed by atoms with Crippen molar-refractivity contribution in [2.75, 3.05) is 44.7 Å². The molecule has 1 aliphatic heterocycles. The van der Waals surface area contributed by atoms with E-state index in [0.717, 1.165) is 35.8 Å². The number of benzene rings is 2. The molecule has 35 heavy (non-hydrogen) atoms. The molecule has 4 rings (SSSR count). The maximum Gasteiger partial charge on any atom is 0.274 e. The normalized spacial score (nSPS) is 13.4. The van der Waals surface area contributed by atoms with Crippen LogP contribution in [0, 0.1) is 6.92 Å². The molecule has 2 amide bonds. The van der Waals surface area contributed by atoms with Crippen molar-refractivity contribution >= 4 is 17.5 Å². The van der Waals surface area contributed by atoms with Crippen molar-refractivity contribution in [2.45, 2.75) is 19.9 Å². The number of aryl methyl sites for hydroxylation is 1. The first-order valence-corrected chi connectivity index (χ1v) is 11.8. The Bertz CT molecular complexity index is 1110. The molecule has 2 heterocycles. The van der Waals surface area contributed by atoms with E-state index in [2.05, 4.69) is 14.9 Å². The molecular weight excluding hydrogens is 442 g/mol. The highest BCUT2D eigenvalue weighted by Gasteiger charge is 2.24. The Morgan fingerprint density at radius 1 is 0.943 bits per heavy atom. The number of hydrogen-bond acceptors (Lipinski definition) is 6. The summed E-state index contributed by atoms with van der Waals surface area (Å²) in [6.45, 7) is 5.40. The van der Waals surface area contributed by atoms with Crippen LogP contribution in [-0.4, -0.2) is 71.4 Å². The molecular formula is C27H31N5O3. The predicted molar refractivity (Wildman–Crippen MR) is 134 cm³/mol. The van der Waals surface area contributed by atoms with Crippen molar-refractivity contribution in [3.63, 3.8) is 0 Å². The number of ether oxygens (including phenoxy) is 1. The zero-order valence-electron chi connectivity index (χ0n) is 20.3. The van der Waals surface area contributed by atoms with Gasteiger partial charge in [-0.05, 0) is 36.8 Å². The second-order valence-electron chi connectivity index (χ2n) is 8.57. The van der Waals surface area contributed by atoms with E-state index in [1.807, 2.05) is 66.4 Å². The third-order valence-electron chi connectivity index (χ3n) is 6.17. The first-order valence-electron chi connectivity index (χ1n) is 11.8. The molecule has 8 heteroatoms. The maximum atomic E-state index is 13.2. The fourth-order valence-corrected chi connectivity index (χ4v) is 4.12. The van der Waals surface area contributed by atoms with Crippen LogP contribution in [0.2, 0.25) is 0 Å². The first-order chi connectivity index (χ1) is 17.0. The average molecular weight is 474 g/mol. The minimum Gasteiger partial charge on any atom is -0.497 e. The molecule has 2 aromatic carbocycles. The largest absolute Gasteiger partial charge is 0.497 e. The van der Waals surface area contributed by atoms with Crippen molar-refractivity contribution in [3.05, 3.63) is 83.9 Å². The lowest BCUT2D eigenvalue weighted by Crippen LogP contribution is -2.49. The van der Waals surface area contributed by atoms with Gasteiger partial charge in [0.05, 0.1) is 19.0 Å². The Morgan fingerprint density at radius 3 is 2.29 bits per heavy atom. The molecule has 0 radical (unpaired) electrons. The summed E-state index contributed by atoms with van der Waals surface area (Å²) in [5.74, 6) is 0.660. The van der Waals surface area contributed by atoms with Gasteiger partial charge in [0.1, 0.15) is 11.4 Å². The van der Waals surface area contributed by atoms with Crippen molar-refractivity contribution < 1.29 is 14.3 Å². The molecule has 0 bridgehead atoms. The van der Waals surface area contributed by atoms with Gasteiger partial charge in [-0.25, -0.2) is 4.98 Å². The third kappa shape index (κ3) is 6.35. The summed E-state index contributed by atoms with van der Waals surface area (Å²) < 4.78 is 5.23. The summed E-state index contributed by atoms with van der Waals surface area (Å²) in [5.41, 5.74) is 3.16. The molecule has 182 valence electrons. The van der Waals surface area contributed by atoms with Crippen LogP contribution in [0.15, 0.2) is 67.0 Å². The smallest absolute Gasteiger partial charge is 0.274 e. The standard InChI is InChI=1S/C27H31N5O3/c1-21-18-29-25(19-28-21)27(34)32(20-22-6-4-3-5-7-22)13-12-26(33)31-16-14-30(15-17-31)23-8-10-24(35-2)11-9-23/h3-11,18-19H,12-17,20H2,1-2H3. The zero-order chi connectivity index (χ0) is 24.6. The molecule has 8 nitrogen and oxygen atoms in total. The fraction of sp³-hybridized carbons (Fsp3) is 0.333. The van der Waals surface area contributed by atoms with Crippen molar-refractivity contribution in [1.82, 2.24) is 19.8 Å². The highest BCUT2D eigenvalue weighted by atomic mass is 16.5. The van der Waals surface area contributed by atoms with Gasteiger partial charge in [-0.15, -0.1) is 0 Å². The number of methoxy groups -OCH3 is 1. The number of nitrogens with zero attached hydrogens (tertiary/aromatic N) is 5. The van der Waals surface area contributed by atoms with Gasteiger partial charge in [0, 0.05) is 57.6 Å². The molecule has 3 aromatic rings. The van der Waals surface area contributed by atoms with E-state index in [0.29, 0.717) is 26.2 Å². The van der Waals surface area contributed by atoms with Crippen LogP contribution in [0.25, 0.3) is 0 Å².